The first-order valence-electron chi connectivity index (χ1n) is 19.7. The van der Waals surface area contributed by atoms with Crippen molar-refractivity contribution >= 4 is 11.9 Å². The smallest absolute Gasteiger partial charge is 0.331 e. The summed E-state index contributed by atoms with van der Waals surface area (Å²) in [5.74, 6) is 5.83. The molecule has 0 radical (unpaired) electrons. The Morgan fingerprint density at radius 3 is 1.62 bits per heavy atom. The molecule has 0 unspecified atom stereocenters. The molecule has 7 rings (SSSR count). The van der Waals surface area contributed by atoms with Gasteiger partial charge in [-0.05, 0) is 77.7 Å². The molecule has 10 heteroatoms. The second-order valence-electron chi connectivity index (χ2n) is 14.0. The van der Waals surface area contributed by atoms with Gasteiger partial charge >= 0.3 is 11.9 Å². The fourth-order valence-corrected chi connectivity index (χ4v) is 6.39. The van der Waals surface area contributed by atoms with Crippen LogP contribution in [0.2, 0.25) is 0 Å². The molecule has 0 saturated heterocycles. The maximum absolute atomic E-state index is 12.7. The third-order valence-electron chi connectivity index (χ3n) is 9.64. The van der Waals surface area contributed by atoms with E-state index < -0.39 is 36.2 Å². The van der Waals surface area contributed by atoms with Crippen LogP contribution < -0.4 is 10.1 Å². The lowest BCUT2D eigenvalue weighted by Gasteiger charge is -2.32. The molecule has 2 N–H and O–H groups in total. The summed E-state index contributed by atoms with van der Waals surface area (Å²) < 4.78 is 23.7. The van der Waals surface area contributed by atoms with Crippen LogP contribution in [0, 0.1) is 11.8 Å². The lowest BCUT2D eigenvalue weighted by Crippen LogP contribution is -2.48. The van der Waals surface area contributed by atoms with Crippen molar-refractivity contribution < 1.29 is 38.5 Å². The number of ether oxygens (including phenoxy) is 4. The summed E-state index contributed by atoms with van der Waals surface area (Å²) in [4.78, 5) is 31.4. The minimum absolute atomic E-state index is 0.101. The molecule has 1 aliphatic heterocycles. The molecule has 6 aromatic rings. The summed E-state index contributed by atoms with van der Waals surface area (Å²) in [5, 5.41) is 14.0. The van der Waals surface area contributed by atoms with E-state index in [1.807, 2.05) is 146 Å². The highest BCUT2D eigenvalue weighted by Crippen LogP contribution is 2.34. The number of benzene rings is 6. The molecule has 0 saturated carbocycles. The number of methoxy groups -OCH3 is 1. The van der Waals surface area contributed by atoms with Crippen LogP contribution in [0.25, 0.3) is 0 Å². The van der Waals surface area contributed by atoms with Crippen molar-refractivity contribution in [2.45, 2.75) is 31.3 Å². The number of amides is 1. The molecule has 0 spiro atoms. The van der Waals surface area contributed by atoms with Crippen molar-refractivity contribution in [3.63, 3.8) is 0 Å². The van der Waals surface area contributed by atoms with Gasteiger partial charge in [-0.1, -0.05) is 133 Å². The first-order valence-corrected chi connectivity index (χ1v) is 19.7. The Hall–Kier alpha value is -7.58. The molecule has 1 heterocycles. The first-order chi connectivity index (χ1) is 29.8. The topological polar surface area (TPSA) is 116 Å². The van der Waals surface area contributed by atoms with Gasteiger partial charge in [0.15, 0.2) is 12.1 Å². The number of rotatable bonds is 15. The van der Waals surface area contributed by atoms with Crippen molar-refractivity contribution in [3.05, 3.63) is 233 Å². The number of nitrogens with one attached hydrogen (secondary N) is 1. The van der Waals surface area contributed by atoms with Gasteiger partial charge in [0.25, 0.3) is 5.91 Å². The molecule has 306 valence electrons. The Labute approximate surface area is 355 Å². The van der Waals surface area contributed by atoms with Gasteiger partial charge in [-0.3, -0.25) is 9.63 Å². The number of carbonyl (C=O) groups excluding carboxylic acids is 2. The first kappa shape index (κ1) is 41.6. The Balaban J connectivity index is 1.06. The minimum atomic E-state index is -1.18. The Bertz CT molecular complexity index is 2400. The number of carbonyl (C=O) groups is 2. The third-order valence-corrected chi connectivity index (χ3v) is 9.64. The molecule has 1 aliphatic rings. The lowest BCUT2D eigenvalue weighted by molar-refractivity contribution is -0.146. The Morgan fingerprint density at radius 1 is 0.672 bits per heavy atom. The predicted octanol–water partition coefficient (Wildman–Crippen LogP) is 8.62. The molecule has 0 bridgehead atoms. The van der Waals surface area contributed by atoms with Crippen molar-refractivity contribution in [3.8, 4) is 17.6 Å². The van der Waals surface area contributed by atoms with E-state index >= 15 is 0 Å². The Kier molecular flexibility index (Phi) is 13.9. The second kappa shape index (κ2) is 20.4. The summed E-state index contributed by atoms with van der Waals surface area (Å²) in [5.41, 5.74) is 6.18. The minimum Gasteiger partial charge on any atom is -0.487 e. The van der Waals surface area contributed by atoms with Crippen LogP contribution in [-0.2, 0) is 23.8 Å². The summed E-state index contributed by atoms with van der Waals surface area (Å²) in [6.07, 6.45) is 1.23. The average Bonchev–Trinajstić information content (AvgIpc) is 3.32. The number of hydroxylamine groups is 2. The van der Waals surface area contributed by atoms with E-state index in [0.717, 1.165) is 27.8 Å². The number of esters is 1. The van der Waals surface area contributed by atoms with Gasteiger partial charge in [0.05, 0.1) is 13.2 Å². The highest BCUT2D eigenvalue weighted by molar-refractivity contribution is 5.97. The fraction of sp³-hybridized carbons (Fsp3) is 0.137. The number of nitrogens with zero attached hydrogens (tertiary/aromatic N) is 1. The van der Waals surface area contributed by atoms with E-state index in [9.17, 15) is 14.7 Å². The zero-order chi connectivity index (χ0) is 42.4. The zero-order valence-corrected chi connectivity index (χ0v) is 33.6. The molecule has 10 nitrogen and oxygen atoms in total. The molecular weight excluding hydrogens is 769 g/mol. The average molecular weight is 813 g/mol. The molecule has 0 aliphatic carbocycles. The molecule has 2 atom stereocenters. The van der Waals surface area contributed by atoms with Crippen LogP contribution in [0.1, 0.15) is 62.9 Å². The number of hydrogen-bond donors (Lipinski definition) is 2. The van der Waals surface area contributed by atoms with E-state index in [0.29, 0.717) is 22.6 Å². The van der Waals surface area contributed by atoms with Crippen LogP contribution in [0.3, 0.4) is 0 Å². The summed E-state index contributed by atoms with van der Waals surface area (Å²) in [6.45, 7) is 1.50. The highest BCUT2D eigenvalue weighted by Gasteiger charge is 2.28. The van der Waals surface area contributed by atoms with Crippen LogP contribution in [0.15, 0.2) is 194 Å². The number of aliphatic hydroxyl groups excluding tert-OH is 1. The van der Waals surface area contributed by atoms with Gasteiger partial charge in [0.1, 0.15) is 36.6 Å². The van der Waals surface area contributed by atoms with Crippen LogP contribution in [0.5, 0.6) is 5.75 Å². The van der Waals surface area contributed by atoms with E-state index in [1.165, 1.54) is 14.0 Å². The van der Waals surface area contributed by atoms with Crippen molar-refractivity contribution in [2.24, 2.45) is 0 Å². The number of hydrogen-bond acceptors (Lipinski definition) is 9. The molecular formula is C51H44N2O8. The van der Waals surface area contributed by atoms with Crippen molar-refractivity contribution in [1.82, 2.24) is 10.4 Å². The fourth-order valence-electron chi connectivity index (χ4n) is 6.39. The van der Waals surface area contributed by atoms with Gasteiger partial charge in [0, 0.05) is 16.7 Å². The molecule has 0 aromatic heterocycles. The third kappa shape index (κ3) is 11.1. The van der Waals surface area contributed by atoms with Crippen LogP contribution in [-0.4, -0.2) is 47.9 Å². The largest absolute Gasteiger partial charge is 0.487 e. The van der Waals surface area contributed by atoms with Crippen LogP contribution in [0.4, 0.5) is 0 Å². The van der Waals surface area contributed by atoms with Crippen molar-refractivity contribution in [1.29, 1.82) is 0 Å². The molecule has 0 fully saturated rings. The summed E-state index contributed by atoms with van der Waals surface area (Å²) in [7, 11) is 1.19. The summed E-state index contributed by atoms with van der Waals surface area (Å²) >= 11 is 0. The predicted molar refractivity (Wildman–Crippen MR) is 230 cm³/mol. The normalized spacial score (nSPS) is 13.1. The standard InChI is InChI=1S/C51H44N2O8/c1-36(54)47(51(56)57-2)52-50(55)43-29-25-37(26-30-43)23-24-38-27-31-45(32-28-38)58-34-44-35-59-46(60-48(39-15-7-3-8-16-39)40-17-9-4-10-18-40)33-53(44)61-49(41-19-11-5-12-20-41)42-21-13-6-14-22-42/h3-22,25-33,35-36,47-49,54H,34H2,1-2H3,(H,52,55)/t36-,47+/m1/s1. The highest BCUT2D eigenvalue weighted by atomic mass is 16.7. The lowest BCUT2D eigenvalue weighted by atomic mass is 10.0. The molecule has 1 amide bonds. The maximum atomic E-state index is 12.7. The second-order valence-corrected chi connectivity index (χ2v) is 14.0. The molecule has 61 heavy (non-hydrogen) atoms. The van der Waals surface area contributed by atoms with E-state index in [2.05, 4.69) is 21.9 Å². The van der Waals surface area contributed by atoms with Gasteiger partial charge in [0.2, 0.25) is 0 Å². The number of aliphatic hydroxyl groups is 1. The van der Waals surface area contributed by atoms with Crippen LogP contribution >= 0.6 is 0 Å². The Morgan fingerprint density at radius 2 is 1.15 bits per heavy atom. The molecule has 6 aromatic carbocycles. The van der Waals surface area contributed by atoms with E-state index in [4.69, 9.17) is 19.0 Å². The quantitative estimate of drug-likeness (QED) is 0.0777. The van der Waals surface area contributed by atoms with E-state index in [-0.39, 0.29) is 12.6 Å². The summed E-state index contributed by atoms with van der Waals surface area (Å²) in [6, 6.07) is 52.8. The van der Waals surface area contributed by atoms with Gasteiger partial charge in [-0.15, -0.1) is 0 Å². The van der Waals surface area contributed by atoms with E-state index in [1.54, 1.807) is 41.8 Å². The monoisotopic (exact) mass is 812 g/mol. The van der Waals surface area contributed by atoms with Crippen molar-refractivity contribution in [2.75, 3.05) is 13.7 Å². The van der Waals surface area contributed by atoms with Gasteiger partial charge in [-0.25, -0.2) is 9.86 Å². The zero-order valence-electron chi connectivity index (χ0n) is 33.6. The maximum Gasteiger partial charge on any atom is 0.331 e. The van der Waals surface area contributed by atoms with Gasteiger partial charge in [-0.2, -0.15) is 0 Å². The van der Waals surface area contributed by atoms with Gasteiger partial charge < -0.3 is 29.4 Å². The SMILES string of the molecule is COC(=O)[C@@H](NC(=O)c1ccc(C#Cc2ccc(OCC3=COC(OC(c4ccccc4)c4ccccc4)=CN3OC(c3ccccc3)c3ccccc3)cc2)cc1)[C@@H](C)O.